The maximum absolute atomic E-state index is 12.2. The second-order valence-corrected chi connectivity index (χ2v) is 5.51. The van der Waals surface area contributed by atoms with Gasteiger partial charge in [0.25, 0.3) is 0 Å². The first-order valence-electron chi connectivity index (χ1n) is 7.88. The van der Waals surface area contributed by atoms with E-state index in [0.717, 1.165) is 0 Å². The van der Waals surface area contributed by atoms with Crippen LogP contribution >= 0.6 is 0 Å². The fourth-order valence-electron chi connectivity index (χ4n) is 2.22. The molecule has 0 bridgehead atoms. The summed E-state index contributed by atoms with van der Waals surface area (Å²) < 4.78 is 5.85. The monoisotopic (exact) mass is 368 g/mol. The zero-order valence-electron chi connectivity index (χ0n) is 14.3. The van der Waals surface area contributed by atoms with E-state index in [-0.39, 0.29) is 11.3 Å². The smallest absolute Gasteiger partial charge is 0.419 e. The number of aromatic hydroxyl groups is 2. The average molecular weight is 368 g/mol. The third-order valence-electron chi connectivity index (χ3n) is 3.68. The van der Waals surface area contributed by atoms with Crippen LogP contribution in [0.25, 0.3) is 0 Å². The molecule has 0 fully saturated rings. The highest BCUT2D eigenvalue weighted by atomic mass is 16.7. The molecule has 0 aliphatic heterocycles. The molecule has 3 aromatic rings. The molecule has 0 spiro atoms. The van der Waals surface area contributed by atoms with Crippen molar-refractivity contribution >= 4 is 17.7 Å². The molecule has 3 rings (SSSR count). The van der Waals surface area contributed by atoms with Crippen molar-refractivity contribution in [2.24, 2.45) is 0 Å². The fourth-order valence-corrected chi connectivity index (χ4v) is 2.22. The lowest BCUT2D eigenvalue weighted by atomic mass is 10.2. The van der Waals surface area contributed by atoms with Gasteiger partial charge in [-0.05, 0) is 36.4 Å². The SMILES string of the molecule is CN(C(=O)Oc1ccc(C(=O)On2c(O)ccc2O)cc1)c1ccccc1. The highest BCUT2D eigenvalue weighted by Gasteiger charge is 2.16. The molecular formula is C19H16N2O6. The maximum atomic E-state index is 12.2. The lowest BCUT2D eigenvalue weighted by molar-refractivity contribution is 0.0381. The third kappa shape index (κ3) is 4.01. The Morgan fingerprint density at radius 1 is 0.889 bits per heavy atom. The molecule has 138 valence electrons. The molecule has 1 heterocycles. The molecule has 27 heavy (non-hydrogen) atoms. The lowest BCUT2D eigenvalue weighted by Crippen LogP contribution is -2.29. The molecule has 0 aliphatic carbocycles. The predicted octanol–water partition coefficient (Wildman–Crippen LogP) is 2.80. The quantitative estimate of drug-likeness (QED) is 0.734. The minimum absolute atomic E-state index is 0.138. The van der Waals surface area contributed by atoms with Crippen LogP contribution in [0, 0.1) is 0 Å². The highest BCUT2D eigenvalue weighted by Crippen LogP contribution is 2.20. The number of carbonyl (C=O) groups excluding carboxylic acids is 2. The summed E-state index contributed by atoms with van der Waals surface area (Å²) in [6, 6.07) is 17.0. The number of hydrogen-bond donors (Lipinski definition) is 2. The van der Waals surface area contributed by atoms with Crippen molar-refractivity contribution in [3.63, 3.8) is 0 Å². The number of anilines is 1. The number of benzene rings is 2. The highest BCUT2D eigenvalue weighted by molar-refractivity contribution is 5.90. The van der Waals surface area contributed by atoms with Crippen LogP contribution in [0.3, 0.4) is 0 Å². The summed E-state index contributed by atoms with van der Waals surface area (Å²) in [5, 5.41) is 19.0. The van der Waals surface area contributed by atoms with Gasteiger partial charge in [0.1, 0.15) is 5.75 Å². The van der Waals surface area contributed by atoms with E-state index in [9.17, 15) is 19.8 Å². The van der Waals surface area contributed by atoms with Gasteiger partial charge in [-0.2, -0.15) is 0 Å². The number of rotatable bonds is 4. The second-order valence-electron chi connectivity index (χ2n) is 5.51. The van der Waals surface area contributed by atoms with Gasteiger partial charge in [-0.3, -0.25) is 4.90 Å². The van der Waals surface area contributed by atoms with E-state index in [2.05, 4.69) is 0 Å². The molecule has 0 saturated carbocycles. The first-order chi connectivity index (χ1) is 13.0. The topological polar surface area (TPSA) is 101 Å². The molecular weight excluding hydrogens is 352 g/mol. The fraction of sp³-hybridized carbons (Fsp3) is 0.0526. The van der Waals surface area contributed by atoms with Crippen LogP contribution in [-0.2, 0) is 0 Å². The molecule has 2 aromatic carbocycles. The Labute approximate surface area is 154 Å². The van der Waals surface area contributed by atoms with Crippen molar-refractivity contribution < 1.29 is 29.4 Å². The van der Waals surface area contributed by atoms with Gasteiger partial charge in [0, 0.05) is 24.9 Å². The Hall–Kier alpha value is -3.94. The molecule has 1 amide bonds. The van der Waals surface area contributed by atoms with Gasteiger partial charge >= 0.3 is 12.1 Å². The van der Waals surface area contributed by atoms with E-state index < -0.39 is 23.8 Å². The normalized spacial score (nSPS) is 10.3. The molecule has 8 heteroatoms. The number of carbonyl (C=O) groups is 2. The molecule has 0 saturated heterocycles. The van der Waals surface area contributed by atoms with Gasteiger partial charge in [0.2, 0.25) is 11.8 Å². The predicted molar refractivity (Wildman–Crippen MR) is 96.0 cm³/mol. The van der Waals surface area contributed by atoms with Crippen molar-refractivity contribution in [2.75, 3.05) is 11.9 Å². The van der Waals surface area contributed by atoms with Gasteiger partial charge in [-0.25, -0.2) is 9.59 Å². The van der Waals surface area contributed by atoms with E-state index in [1.807, 2.05) is 6.07 Å². The van der Waals surface area contributed by atoms with Crippen LogP contribution < -0.4 is 14.5 Å². The van der Waals surface area contributed by atoms with E-state index in [1.165, 1.54) is 41.3 Å². The summed E-state index contributed by atoms with van der Waals surface area (Å²) in [7, 11) is 1.58. The number of nitrogens with zero attached hydrogens (tertiary/aromatic N) is 2. The zero-order chi connectivity index (χ0) is 19.4. The molecule has 0 aliphatic rings. The standard InChI is InChI=1S/C19H16N2O6/c1-20(14-5-3-2-4-6-14)19(25)26-15-9-7-13(8-10-15)18(24)27-21-16(22)11-12-17(21)23/h2-12,22-23H,1H3. The van der Waals surface area contributed by atoms with Crippen LogP contribution in [0.5, 0.6) is 17.5 Å². The van der Waals surface area contributed by atoms with Gasteiger partial charge in [0.15, 0.2) is 0 Å². The van der Waals surface area contributed by atoms with E-state index >= 15 is 0 Å². The van der Waals surface area contributed by atoms with Crippen molar-refractivity contribution in [3.05, 3.63) is 72.3 Å². The Bertz CT molecular complexity index is 931. The maximum Gasteiger partial charge on any atom is 0.419 e. The summed E-state index contributed by atoms with van der Waals surface area (Å²) in [5.41, 5.74) is 0.813. The minimum atomic E-state index is -0.809. The average Bonchev–Trinajstić information content (AvgIpc) is 3.00. The summed E-state index contributed by atoms with van der Waals surface area (Å²) in [4.78, 5) is 30.5. The van der Waals surface area contributed by atoms with Crippen molar-refractivity contribution in [2.45, 2.75) is 0 Å². The Morgan fingerprint density at radius 3 is 2.07 bits per heavy atom. The van der Waals surface area contributed by atoms with Crippen LogP contribution in [0.2, 0.25) is 0 Å². The summed E-state index contributed by atoms with van der Waals surface area (Å²) in [5.74, 6) is -1.41. The molecule has 2 N–H and O–H groups in total. The summed E-state index contributed by atoms with van der Waals surface area (Å²) >= 11 is 0. The minimum Gasteiger partial charge on any atom is -0.492 e. The van der Waals surface area contributed by atoms with Crippen LogP contribution in [0.15, 0.2) is 66.7 Å². The number of aromatic nitrogens is 1. The number of ether oxygens (including phenoxy) is 1. The first kappa shape index (κ1) is 17.9. The largest absolute Gasteiger partial charge is 0.492 e. The van der Waals surface area contributed by atoms with Crippen molar-refractivity contribution in [1.82, 2.24) is 4.73 Å². The molecule has 0 unspecified atom stereocenters. The second kappa shape index (κ2) is 7.52. The first-order valence-corrected chi connectivity index (χ1v) is 7.88. The molecule has 0 radical (unpaired) electrons. The lowest BCUT2D eigenvalue weighted by Gasteiger charge is -2.16. The van der Waals surface area contributed by atoms with Crippen molar-refractivity contribution in [3.8, 4) is 17.5 Å². The number of amides is 1. The molecule has 0 atom stereocenters. The van der Waals surface area contributed by atoms with E-state index in [1.54, 1.807) is 31.3 Å². The Balaban J connectivity index is 1.65. The van der Waals surface area contributed by atoms with Gasteiger partial charge in [-0.15, -0.1) is 4.73 Å². The molecule has 8 nitrogen and oxygen atoms in total. The van der Waals surface area contributed by atoms with Crippen molar-refractivity contribution in [1.29, 1.82) is 0 Å². The molecule has 1 aromatic heterocycles. The summed E-state index contributed by atoms with van der Waals surface area (Å²) in [6.07, 6.45) is -0.585. The Kier molecular flexibility index (Phi) is 4.98. The van der Waals surface area contributed by atoms with Crippen LogP contribution in [-0.4, -0.2) is 34.1 Å². The number of para-hydroxylation sites is 1. The van der Waals surface area contributed by atoms with Crippen LogP contribution in [0.4, 0.5) is 10.5 Å². The van der Waals surface area contributed by atoms with Gasteiger partial charge in [0.05, 0.1) is 5.56 Å². The van der Waals surface area contributed by atoms with E-state index in [0.29, 0.717) is 10.4 Å². The van der Waals surface area contributed by atoms with Gasteiger partial charge in [-0.1, -0.05) is 18.2 Å². The number of hydrogen-bond acceptors (Lipinski definition) is 6. The van der Waals surface area contributed by atoms with Crippen LogP contribution in [0.1, 0.15) is 10.4 Å². The Morgan fingerprint density at radius 2 is 1.48 bits per heavy atom. The van der Waals surface area contributed by atoms with Gasteiger partial charge < -0.3 is 19.8 Å². The van der Waals surface area contributed by atoms with E-state index in [4.69, 9.17) is 9.57 Å². The summed E-state index contributed by atoms with van der Waals surface area (Å²) in [6.45, 7) is 0. The third-order valence-corrected chi connectivity index (χ3v) is 3.68. The zero-order valence-corrected chi connectivity index (χ0v) is 14.3.